The van der Waals surface area contributed by atoms with Crippen LogP contribution < -0.4 is 5.19 Å². The number of hydrogen-bond acceptors (Lipinski definition) is 1. The maximum Gasteiger partial charge on any atom is 0.123 e. The van der Waals surface area contributed by atoms with Crippen LogP contribution in [0, 0.1) is 5.92 Å². The van der Waals surface area contributed by atoms with Gasteiger partial charge < -0.3 is 4.79 Å². The van der Waals surface area contributed by atoms with Crippen LogP contribution in [0.1, 0.15) is 39.0 Å². The topological polar surface area (TPSA) is 17.1 Å². The average Bonchev–Trinajstić information content (AvgIpc) is 2.49. The molecule has 1 aromatic rings. The Morgan fingerprint density at radius 3 is 2.42 bits per heavy atom. The monoisotopic (exact) mass is 274 g/mol. The van der Waals surface area contributed by atoms with Crippen molar-refractivity contribution in [1.82, 2.24) is 0 Å². The van der Waals surface area contributed by atoms with Crippen LogP contribution >= 0.6 is 0 Å². The molecule has 1 heterocycles. The van der Waals surface area contributed by atoms with Crippen LogP contribution in [0.3, 0.4) is 0 Å². The van der Waals surface area contributed by atoms with E-state index >= 15 is 0 Å². The first-order valence-corrected chi connectivity index (χ1v) is 10.4. The predicted molar refractivity (Wildman–Crippen MR) is 84.6 cm³/mol. The average molecular weight is 274 g/mol. The number of hydrogen-bond donors (Lipinski definition) is 0. The Hall–Kier alpha value is -0.893. The minimum atomic E-state index is -1.31. The summed E-state index contributed by atoms with van der Waals surface area (Å²) >= 11 is 0. The van der Waals surface area contributed by atoms with E-state index in [4.69, 9.17) is 0 Å². The first-order chi connectivity index (χ1) is 9.30. The van der Waals surface area contributed by atoms with Gasteiger partial charge in [0.1, 0.15) is 6.29 Å². The van der Waals surface area contributed by atoms with E-state index in [0.717, 1.165) is 12.8 Å². The maximum atomic E-state index is 11.0. The van der Waals surface area contributed by atoms with E-state index in [2.05, 4.69) is 37.3 Å². The van der Waals surface area contributed by atoms with Gasteiger partial charge in [-0.15, -0.1) is 0 Å². The van der Waals surface area contributed by atoms with Gasteiger partial charge in [-0.1, -0.05) is 79.8 Å². The van der Waals surface area contributed by atoms with Crippen molar-refractivity contribution in [2.75, 3.05) is 0 Å². The van der Waals surface area contributed by atoms with Gasteiger partial charge in [0.2, 0.25) is 0 Å². The van der Waals surface area contributed by atoms with Crippen LogP contribution in [-0.4, -0.2) is 14.4 Å². The van der Waals surface area contributed by atoms with Crippen LogP contribution in [0.25, 0.3) is 0 Å². The van der Waals surface area contributed by atoms with Crippen molar-refractivity contribution < 1.29 is 4.79 Å². The lowest BCUT2D eigenvalue weighted by molar-refractivity contribution is -0.111. The van der Waals surface area contributed by atoms with E-state index in [1.807, 2.05) is 0 Å². The molecule has 0 N–H and O–H groups in total. The fraction of sp³-hybridized carbons (Fsp3) is 0.588. The fourth-order valence-corrected chi connectivity index (χ4v) is 8.81. The Labute approximate surface area is 118 Å². The summed E-state index contributed by atoms with van der Waals surface area (Å²) in [6, 6.07) is 15.3. The van der Waals surface area contributed by atoms with E-state index in [9.17, 15) is 4.79 Å². The molecule has 0 aliphatic carbocycles. The van der Waals surface area contributed by atoms with Gasteiger partial charge in [0.25, 0.3) is 0 Å². The van der Waals surface area contributed by atoms with Crippen LogP contribution in [0.2, 0.25) is 18.1 Å². The Kier molecular flexibility index (Phi) is 5.38. The van der Waals surface area contributed by atoms with Crippen molar-refractivity contribution in [1.29, 1.82) is 0 Å². The SMILES string of the molecule is CCCCC[Si]1(c2ccccc2)CCC(C=O)CC1. The van der Waals surface area contributed by atoms with Gasteiger partial charge in [0.05, 0.1) is 8.07 Å². The summed E-state index contributed by atoms with van der Waals surface area (Å²) in [4.78, 5) is 11.0. The summed E-state index contributed by atoms with van der Waals surface area (Å²) in [5, 5.41) is 1.63. The Morgan fingerprint density at radius 1 is 1.16 bits per heavy atom. The van der Waals surface area contributed by atoms with Gasteiger partial charge >= 0.3 is 0 Å². The first kappa shape index (κ1) is 14.5. The predicted octanol–water partition coefficient (Wildman–Crippen LogP) is 4.14. The van der Waals surface area contributed by atoms with E-state index in [1.54, 1.807) is 5.19 Å². The molecular weight excluding hydrogens is 248 g/mol. The second kappa shape index (κ2) is 7.04. The second-order valence-electron chi connectivity index (χ2n) is 6.08. The molecule has 0 bridgehead atoms. The molecule has 1 aliphatic heterocycles. The normalized spacial score (nSPS) is 27.1. The van der Waals surface area contributed by atoms with Gasteiger partial charge in [0.15, 0.2) is 0 Å². The molecule has 104 valence electrons. The number of benzene rings is 1. The van der Waals surface area contributed by atoms with E-state index in [-0.39, 0.29) is 0 Å². The zero-order chi connectivity index (χ0) is 13.6. The summed E-state index contributed by atoms with van der Waals surface area (Å²) in [5.74, 6) is 0.343. The van der Waals surface area contributed by atoms with Crippen molar-refractivity contribution in [2.24, 2.45) is 5.92 Å². The summed E-state index contributed by atoms with van der Waals surface area (Å²) in [6.07, 6.45) is 7.50. The number of carbonyl (C=O) groups is 1. The van der Waals surface area contributed by atoms with Gasteiger partial charge in [-0.25, -0.2) is 0 Å². The van der Waals surface area contributed by atoms with Crippen LogP contribution in [0.5, 0.6) is 0 Å². The smallest absolute Gasteiger partial charge is 0.123 e. The molecule has 2 heteroatoms. The molecule has 1 aromatic carbocycles. The molecule has 1 fully saturated rings. The lowest BCUT2D eigenvalue weighted by Gasteiger charge is -2.38. The number of carbonyl (C=O) groups excluding carboxylic acids is 1. The zero-order valence-corrected chi connectivity index (χ0v) is 13.1. The van der Waals surface area contributed by atoms with Crippen LogP contribution in [0.4, 0.5) is 0 Å². The summed E-state index contributed by atoms with van der Waals surface area (Å²) in [5.41, 5.74) is 0. The molecule has 0 unspecified atom stereocenters. The summed E-state index contributed by atoms with van der Waals surface area (Å²) in [6.45, 7) is 2.28. The quantitative estimate of drug-likeness (QED) is 0.433. The summed E-state index contributed by atoms with van der Waals surface area (Å²) < 4.78 is 0. The highest BCUT2D eigenvalue weighted by Gasteiger charge is 2.38. The molecule has 1 saturated heterocycles. The summed E-state index contributed by atoms with van der Waals surface area (Å²) in [7, 11) is -1.31. The number of rotatable bonds is 6. The van der Waals surface area contributed by atoms with Gasteiger partial charge in [-0.2, -0.15) is 0 Å². The molecule has 19 heavy (non-hydrogen) atoms. The molecule has 0 saturated carbocycles. The van der Waals surface area contributed by atoms with E-state index < -0.39 is 8.07 Å². The number of aldehydes is 1. The molecule has 1 aliphatic rings. The molecule has 0 spiro atoms. The molecule has 2 rings (SSSR count). The van der Waals surface area contributed by atoms with Crippen molar-refractivity contribution in [2.45, 2.75) is 57.2 Å². The molecule has 0 amide bonds. The van der Waals surface area contributed by atoms with Crippen molar-refractivity contribution in [3.63, 3.8) is 0 Å². The lowest BCUT2D eigenvalue weighted by atomic mass is 10.1. The van der Waals surface area contributed by atoms with E-state index in [0.29, 0.717) is 5.92 Å². The van der Waals surface area contributed by atoms with Gasteiger partial charge in [-0.3, -0.25) is 0 Å². The van der Waals surface area contributed by atoms with Gasteiger partial charge in [-0.05, 0) is 12.8 Å². The van der Waals surface area contributed by atoms with Gasteiger partial charge in [0, 0.05) is 5.92 Å². The Balaban J connectivity index is 2.12. The third-order valence-electron chi connectivity index (χ3n) is 4.82. The largest absolute Gasteiger partial charge is 0.303 e. The molecule has 0 radical (unpaired) electrons. The highest BCUT2D eigenvalue weighted by molar-refractivity contribution is 6.92. The standard InChI is InChI=1S/C17H26OSi/c1-2-3-7-12-19(17-8-5-4-6-9-17)13-10-16(15-18)11-14-19/h4-6,8-9,15-16H,2-3,7,10-14H2,1H3. The highest BCUT2D eigenvalue weighted by atomic mass is 28.3. The third-order valence-corrected chi connectivity index (χ3v) is 10.2. The Bertz CT molecular complexity index is 380. The zero-order valence-electron chi connectivity index (χ0n) is 12.1. The molecule has 1 nitrogen and oxygen atoms in total. The lowest BCUT2D eigenvalue weighted by Crippen LogP contribution is -2.50. The third kappa shape index (κ3) is 3.56. The molecule has 0 atom stereocenters. The minimum Gasteiger partial charge on any atom is -0.303 e. The highest BCUT2D eigenvalue weighted by Crippen LogP contribution is 2.35. The van der Waals surface area contributed by atoms with Crippen molar-refractivity contribution >= 4 is 19.5 Å². The Morgan fingerprint density at radius 2 is 1.84 bits per heavy atom. The fourth-order valence-electron chi connectivity index (χ4n) is 3.52. The second-order valence-corrected chi connectivity index (χ2v) is 10.7. The van der Waals surface area contributed by atoms with Crippen molar-refractivity contribution in [3.8, 4) is 0 Å². The van der Waals surface area contributed by atoms with Crippen LogP contribution in [0.15, 0.2) is 30.3 Å². The first-order valence-electron chi connectivity index (χ1n) is 7.81. The van der Waals surface area contributed by atoms with Crippen molar-refractivity contribution in [3.05, 3.63) is 30.3 Å². The molecular formula is C17H26OSi. The maximum absolute atomic E-state index is 11.0. The minimum absolute atomic E-state index is 0.343. The molecule has 0 aromatic heterocycles. The number of unbranched alkanes of at least 4 members (excludes halogenated alkanes) is 2. The van der Waals surface area contributed by atoms with Crippen LogP contribution in [-0.2, 0) is 4.79 Å². The van der Waals surface area contributed by atoms with E-state index in [1.165, 1.54) is 43.7 Å².